The van der Waals surface area contributed by atoms with Gasteiger partial charge in [-0.15, -0.1) is 0 Å². The standard InChI is InChI=1S/C14H19ClN4O2/c15-13-16-10-11(19(20)21)12(17-13)18-8-6-14(7-9-18)4-2-1-3-5-14/h10H,1-9H2. The fraction of sp³-hybridized carbons (Fsp3) is 0.714. The minimum atomic E-state index is -0.434. The molecule has 1 aliphatic carbocycles. The lowest BCUT2D eigenvalue weighted by Gasteiger charge is -2.44. The first-order valence-corrected chi connectivity index (χ1v) is 7.89. The van der Waals surface area contributed by atoms with Crippen molar-refractivity contribution in [1.82, 2.24) is 9.97 Å². The van der Waals surface area contributed by atoms with Crippen molar-refractivity contribution in [3.63, 3.8) is 0 Å². The monoisotopic (exact) mass is 310 g/mol. The van der Waals surface area contributed by atoms with E-state index in [1.807, 2.05) is 4.90 Å². The molecule has 2 fully saturated rings. The van der Waals surface area contributed by atoms with Gasteiger partial charge in [-0.2, -0.15) is 4.98 Å². The highest BCUT2D eigenvalue weighted by atomic mass is 35.5. The van der Waals surface area contributed by atoms with Gasteiger partial charge in [0, 0.05) is 13.1 Å². The van der Waals surface area contributed by atoms with Gasteiger partial charge in [0.1, 0.15) is 6.20 Å². The lowest BCUT2D eigenvalue weighted by molar-refractivity contribution is -0.384. The Morgan fingerprint density at radius 1 is 1.19 bits per heavy atom. The van der Waals surface area contributed by atoms with Crippen LogP contribution < -0.4 is 4.90 Å². The van der Waals surface area contributed by atoms with E-state index in [0.29, 0.717) is 11.2 Å². The van der Waals surface area contributed by atoms with Crippen LogP contribution in [-0.2, 0) is 0 Å². The highest BCUT2D eigenvalue weighted by Crippen LogP contribution is 2.45. The molecule has 6 nitrogen and oxygen atoms in total. The Morgan fingerprint density at radius 2 is 1.86 bits per heavy atom. The summed E-state index contributed by atoms with van der Waals surface area (Å²) in [5.41, 5.74) is 0.402. The molecule has 0 bridgehead atoms. The zero-order valence-electron chi connectivity index (χ0n) is 11.9. The van der Waals surface area contributed by atoms with E-state index < -0.39 is 4.92 Å². The number of aromatic nitrogens is 2. The Labute approximate surface area is 128 Å². The normalized spacial score (nSPS) is 21.5. The molecule has 0 aromatic carbocycles. The summed E-state index contributed by atoms with van der Waals surface area (Å²) in [7, 11) is 0. The van der Waals surface area contributed by atoms with Crippen molar-refractivity contribution in [1.29, 1.82) is 0 Å². The molecule has 1 aliphatic heterocycles. The van der Waals surface area contributed by atoms with Crippen LogP contribution in [0, 0.1) is 15.5 Å². The van der Waals surface area contributed by atoms with Gasteiger partial charge in [-0.1, -0.05) is 19.3 Å². The minimum Gasteiger partial charge on any atom is -0.351 e. The van der Waals surface area contributed by atoms with Gasteiger partial charge in [-0.25, -0.2) is 4.98 Å². The highest BCUT2D eigenvalue weighted by molar-refractivity contribution is 6.28. The maximum atomic E-state index is 11.1. The van der Waals surface area contributed by atoms with Crippen LogP contribution in [0.5, 0.6) is 0 Å². The molecule has 1 spiro atoms. The predicted molar refractivity (Wildman–Crippen MR) is 80.7 cm³/mol. The second-order valence-corrected chi connectivity index (χ2v) is 6.49. The van der Waals surface area contributed by atoms with Crippen molar-refractivity contribution in [2.24, 2.45) is 5.41 Å². The minimum absolute atomic E-state index is 0.0565. The van der Waals surface area contributed by atoms with Crippen molar-refractivity contribution >= 4 is 23.1 Å². The third kappa shape index (κ3) is 2.95. The molecular weight excluding hydrogens is 292 g/mol. The summed E-state index contributed by atoms with van der Waals surface area (Å²) in [6, 6.07) is 0. The Hall–Kier alpha value is -1.43. The maximum absolute atomic E-state index is 11.1. The van der Waals surface area contributed by atoms with Gasteiger partial charge in [-0.05, 0) is 42.7 Å². The van der Waals surface area contributed by atoms with E-state index in [1.165, 1.54) is 38.3 Å². The van der Waals surface area contributed by atoms with Crippen molar-refractivity contribution in [2.45, 2.75) is 44.9 Å². The second-order valence-electron chi connectivity index (χ2n) is 6.15. The fourth-order valence-corrected chi connectivity index (χ4v) is 3.83. The summed E-state index contributed by atoms with van der Waals surface area (Å²) in [6.07, 6.45) is 9.96. The summed E-state index contributed by atoms with van der Waals surface area (Å²) >= 11 is 5.81. The lowest BCUT2D eigenvalue weighted by Crippen LogP contribution is -2.41. The first-order chi connectivity index (χ1) is 10.1. The fourth-order valence-electron chi connectivity index (χ4n) is 3.70. The van der Waals surface area contributed by atoms with Crippen LogP contribution in [0.4, 0.5) is 11.5 Å². The molecule has 2 aliphatic rings. The Morgan fingerprint density at radius 3 is 2.48 bits per heavy atom. The molecule has 1 aromatic rings. The van der Waals surface area contributed by atoms with Crippen molar-refractivity contribution in [3.8, 4) is 0 Å². The quantitative estimate of drug-likeness (QED) is 0.474. The summed E-state index contributed by atoms with van der Waals surface area (Å²) in [4.78, 5) is 20.5. The predicted octanol–water partition coefficient (Wildman–Crippen LogP) is 3.59. The van der Waals surface area contributed by atoms with Gasteiger partial charge < -0.3 is 4.90 Å². The lowest BCUT2D eigenvalue weighted by atomic mass is 9.68. The molecular formula is C14H19ClN4O2. The van der Waals surface area contributed by atoms with Gasteiger partial charge in [-0.3, -0.25) is 10.1 Å². The number of nitro groups is 1. The third-order valence-corrected chi connectivity index (χ3v) is 5.14. The first kappa shape index (κ1) is 14.5. The Bertz CT molecular complexity index is 536. The van der Waals surface area contributed by atoms with Crippen LogP contribution in [0.1, 0.15) is 44.9 Å². The second kappa shape index (κ2) is 5.75. The van der Waals surface area contributed by atoms with E-state index in [9.17, 15) is 10.1 Å². The van der Waals surface area contributed by atoms with E-state index in [1.54, 1.807) is 0 Å². The molecule has 1 saturated heterocycles. The van der Waals surface area contributed by atoms with Crippen LogP contribution >= 0.6 is 11.6 Å². The van der Waals surface area contributed by atoms with E-state index in [-0.39, 0.29) is 11.0 Å². The number of rotatable bonds is 2. The van der Waals surface area contributed by atoms with Crippen molar-refractivity contribution < 1.29 is 4.92 Å². The number of hydrogen-bond acceptors (Lipinski definition) is 5. The molecule has 21 heavy (non-hydrogen) atoms. The Kier molecular flexibility index (Phi) is 3.97. The smallest absolute Gasteiger partial charge is 0.329 e. The average molecular weight is 311 g/mol. The van der Waals surface area contributed by atoms with Gasteiger partial charge in [0.15, 0.2) is 0 Å². The van der Waals surface area contributed by atoms with Gasteiger partial charge in [0.25, 0.3) is 0 Å². The zero-order valence-corrected chi connectivity index (χ0v) is 12.7. The molecule has 7 heteroatoms. The van der Waals surface area contributed by atoms with Crippen LogP contribution in [-0.4, -0.2) is 28.0 Å². The molecule has 0 N–H and O–H groups in total. The van der Waals surface area contributed by atoms with Gasteiger partial charge in [0.2, 0.25) is 11.1 Å². The van der Waals surface area contributed by atoms with E-state index in [2.05, 4.69) is 9.97 Å². The van der Waals surface area contributed by atoms with E-state index in [4.69, 9.17) is 11.6 Å². The number of piperidine rings is 1. The molecule has 114 valence electrons. The third-order valence-electron chi connectivity index (χ3n) is 4.96. The van der Waals surface area contributed by atoms with Crippen molar-refractivity contribution in [2.75, 3.05) is 18.0 Å². The molecule has 0 radical (unpaired) electrons. The van der Waals surface area contributed by atoms with Crippen LogP contribution in [0.3, 0.4) is 0 Å². The highest BCUT2D eigenvalue weighted by Gasteiger charge is 2.37. The van der Waals surface area contributed by atoms with E-state index >= 15 is 0 Å². The van der Waals surface area contributed by atoms with Gasteiger partial charge >= 0.3 is 5.69 Å². The summed E-state index contributed by atoms with van der Waals surface area (Å²) < 4.78 is 0. The molecule has 0 amide bonds. The zero-order chi connectivity index (χ0) is 14.9. The summed E-state index contributed by atoms with van der Waals surface area (Å²) in [6.45, 7) is 1.63. The van der Waals surface area contributed by atoms with Crippen molar-refractivity contribution in [3.05, 3.63) is 21.6 Å². The number of hydrogen-bond donors (Lipinski definition) is 0. The Balaban J connectivity index is 1.77. The number of halogens is 1. The molecule has 0 unspecified atom stereocenters. The maximum Gasteiger partial charge on any atom is 0.329 e. The van der Waals surface area contributed by atoms with Gasteiger partial charge in [0.05, 0.1) is 4.92 Å². The average Bonchev–Trinajstić information content (AvgIpc) is 2.48. The van der Waals surface area contributed by atoms with Crippen LogP contribution in [0.15, 0.2) is 6.20 Å². The summed E-state index contributed by atoms with van der Waals surface area (Å²) in [5, 5.41) is 11.2. The van der Waals surface area contributed by atoms with E-state index in [0.717, 1.165) is 25.9 Å². The first-order valence-electron chi connectivity index (χ1n) is 7.52. The topological polar surface area (TPSA) is 72.2 Å². The molecule has 2 heterocycles. The number of anilines is 1. The summed E-state index contributed by atoms with van der Waals surface area (Å²) in [5.74, 6) is 0.366. The largest absolute Gasteiger partial charge is 0.351 e. The SMILES string of the molecule is O=[N+]([O-])c1cnc(Cl)nc1N1CCC2(CCCCC2)CC1. The molecule has 0 atom stereocenters. The molecule has 1 saturated carbocycles. The number of nitrogens with zero attached hydrogens (tertiary/aromatic N) is 4. The van der Waals surface area contributed by atoms with Crippen LogP contribution in [0.25, 0.3) is 0 Å². The van der Waals surface area contributed by atoms with Crippen LogP contribution in [0.2, 0.25) is 5.28 Å². The molecule has 1 aromatic heterocycles. The molecule has 3 rings (SSSR count).